The molecule has 4 heteroatoms. The second kappa shape index (κ2) is 5.66. The second-order valence-electron chi connectivity index (χ2n) is 12.7. The minimum atomic E-state index is 0.226. The van der Waals surface area contributed by atoms with Crippen molar-refractivity contribution >= 4 is 0 Å². The zero-order chi connectivity index (χ0) is 23.2. The topological polar surface area (TPSA) is 24.9 Å². The maximum absolute atomic E-state index is 6.88. The number of ether oxygens (including phenoxy) is 2. The molecule has 8 aliphatic rings. The first-order chi connectivity index (χ1) is 17.7. The molecule has 0 radical (unpaired) electrons. The predicted molar refractivity (Wildman–Crippen MR) is 133 cm³/mol. The number of nitrogens with zero attached hydrogens (tertiary/aromatic N) is 2. The summed E-state index contributed by atoms with van der Waals surface area (Å²) in [6.45, 7) is 0. The minimum Gasteiger partial charge on any atom is -0.365 e. The monoisotopic (exact) mass is 472 g/mol. The van der Waals surface area contributed by atoms with Gasteiger partial charge < -0.3 is 9.47 Å². The van der Waals surface area contributed by atoms with Crippen molar-refractivity contribution in [3.8, 4) is 0 Å². The zero-order valence-electron chi connectivity index (χ0n) is 20.4. The van der Waals surface area contributed by atoms with Crippen LogP contribution < -0.4 is 0 Å². The van der Waals surface area contributed by atoms with E-state index in [0.717, 1.165) is 0 Å². The van der Waals surface area contributed by atoms with Crippen LogP contribution in [0, 0.1) is 23.7 Å². The molecule has 12 atom stereocenters. The van der Waals surface area contributed by atoms with Crippen molar-refractivity contribution in [2.45, 2.75) is 48.6 Å². The molecule has 0 unspecified atom stereocenters. The molecule has 3 aromatic carbocycles. The average Bonchev–Trinajstić information content (AvgIpc) is 3.75. The number of rotatable bonds is 0. The summed E-state index contributed by atoms with van der Waals surface area (Å²) in [7, 11) is 4.69. The second-order valence-corrected chi connectivity index (χ2v) is 12.7. The molecular weight excluding hydrogens is 444 g/mol. The van der Waals surface area contributed by atoms with Crippen LogP contribution in [0.4, 0.5) is 0 Å². The van der Waals surface area contributed by atoms with Gasteiger partial charge in [-0.05, 0) is 70.7 Å². The molecule has 4 saturated heterocycles. The fourth-order valence-corrected chi connectivity index (χ4v) is 11.0. The maximum Gasteiger partial charge on any atom is 0.0888 e. The number of fused-ring (bicyclic) bond motifs is 30. The molecule has 178 valence electrons. The third-order valence-electron chi connectivity index (χ3n) is 11.9. The summed E-state index contributed by atoms with van der Waals surface area (Å²) in [4.78, 5) is 5.31. The number of benzene rings is 3. The van der Waals surface area contributed by atoms with Crippen molar-refractivity contribution < 1.29 is 9.47 Å². The largest absolute Gasteiger partial charge is 0.365 e. The highest BCUT2D eigenvalue weighted by molar-refractivity contribution is 5.56. The Morgan fingerprint density at radius 3 is 1.00 bits per heavy atom. The Kier molecular flexibility index (Phi) is 2.94. The summed E-state index contributed by atoms with van der Waals surface area (Å²) in [6, 6.07) is 25.3. The van der Waals surface area contributed by atoms with E-state index in [-0.39, 0.29) is 24.4 Å². The normalized spacial score (nSPS) is 46.7. The molecule has 8 heterocycles. The SMILES string of the molecule is CN1[C@@H]2c3ccccc3[C@H]1[C@@H]1[C@@H]2[C@H]2O[C@H]1c1cc3c(cc12)[C@H]1O[C@H]3[C@@H]2[C@H]1[C@@H]1c3ccccc3[C@@H]2N1C. The van der Waals surface area contributed by atoms with Gasteiger partial charge in [0.2, 0.25) is 0 Å². The summed E-state index contributed by atoms with van der Waals surface area (Å²) in [5, 5.41) is 0. The van der Waals surface area contributed by atoms with E-state index in [1.165, 1.54) is 22.3 Å². The van der Waals surface area contributed by atoms with E-state index in [2.05, 4.69) is 84.6 Å². The van der Waals surface area contributed by atoms with E-state index in [1.807, 2.05) is 0 Å². The summed E-state index contributed by atoms with van der Waals surface area (Å²) < 4.78 is 13.8. The standard InChI is InChI=1S/C32H28N2O2/c1-33-25-13-7-3-4-8-14(13)26(33)22-21(25)29-17-11-19-20(12-18(17)30(22)35-29)32-24-23(31(19)36-32)27-15-9-5-6-10-16(15)28(24)34(27)2/h3-12,21-32H,1-2H3/t21-,22-,23-,24+,25+,26-,27-,28-,29-,30-,31+,32+/m0/s1. The van der Waals surface area contributed by atoms with Gasteiger partial charge in [0.25, 0.3) is 0 Å². The highest BCUT2D eigenvalue weighted by Gasteiger charge is 2.69. The van der Waals surface area contributed by atoms with Gasteiger partial charge in [-0.1, -0.05) is 48.5 Å². The lowest BCUT2D eigenvalue weighted by Gasteiger charge is -2.35. The lowest BCUT2D eigenvalue weighted by molar-refractivity contribution is 0.0217. The van der Waals surface area contributed by atoms with Gasteiger partial charge >= 0.3 is 0 Å². The van der Waals surface area contributed by atoms with Crippen molar-refractivity contribution in [3.05, 3.63) is 105 Å². The smallest absolute Gasteiger partial charge is 0.0888 e. The highest BCUT2D eigenvalue weighted by atomic mass is 16.5. The van der Waals surface area contributed by atoms with Crippen molar-refractivity contribution in [1.29, 1.82) is 0 Å². The van der Waals surface area contributed by atoms with Crippen LogP contribution in [0.1, 0.15) is 93.1 Å². The van der Waals surface area contributed by atoms with Gasteiger partial charge in [-0.2, -0.15) is 0 Å². The fraction of sp³-hybridized carbons (Fsp3) is 0.438. The van der Waals surface area contributed by atoms with E-state index in [0.29, 0.717) is 47.8 Å². The first-order valence-corrected chi connectivity index (χ1v) is 13.8. The molecule has 3 aromatic rings. The Balaban J connectivity index is 1.05. The van der Waals surface area contributed by atoms with Crippen LogP contribution in [0.3, 0.4) is 0 Å². The first-order valence-electron chi connectivity index (χ1n) is 13.8. The Hall–Kier alpha value is -2.50. The highest BCUT2D eigenvalue weighted by Crippen LogP contribution is 2.76. The third kappa shape index (κ3) is 1.69. The third-order valence-corrected chi connectivity index (χ3v) is 11.9. The Labute approximate surface area is 210 Å². The van der Waals surface area contributed by atoms with Crippen molar-refractivity contribution in [2.24, 2.45) is 23.7 Å². The van der Waals surface area contributed by atoms with Crippen LogP contribution in [-0.4, -0.2) is 23.9 Å². The average molecular weight is 473 g/mol. The molecular formula is C32H28N2O2. The van der Waals surface area contributed by atoms with Crippen LogP contribution in [0.25, 0.3) is 0 Å². The van der Waals surface area contributed by atoms with Gasteiger partial charge in [-0.3, -0.25) is 9.80 Å². The number of hydrogen-bond donors (Lipinski definition) is 0. The molecule has 0 aliphatic carbocycles. The molecule has 36 heavy (non-hydrogen) atoms. The molecule has 0 N–H and O–H groups in total. The Morgan fingerprint density at radius 2 is 0.722 bits per heavy atom. The van der Waals surface area contributed by atoms with Gasteiger partial charge in [0.05, 0.1) is 24.4 Å². The van der Waals surface area contributed by atoms with E-state index >= 15 is 0 Å². The summed E-state index contributed by atoms with van der Waals surface area (Å²) in [5.41, 5.74) is 12.1. The molecule has 11 rings (SSSR count). The Bertz CT molecular complexity index is 1330. The molecule has 0 spiro atoms. The first kappa shape index (κ1) is 18.7. The fourth-order valence-electron chi connectivity index (χ4n) is 11.0. The van der Waals surface area contributed by atoms with E-state index in [9.17, 15) is 0 Å². The van der Waals surface area contributed by atoms with Crippen LogP contribution in [0.15, 0.2) is 60.7 Å². The summed E-state index contributed by atoms with van der Waals surface area (Å²) >= 11 is 0. The van der Waals surface area contributed by atoms with E-state index in [4.69, 9.17) is 9.47 Å². The molecule has 4 nitrogen and oxygen atoms in total. The zero-order valence-corrected chi connectivity index (χ0v) is 20.4. The van der Waals surface area contributed by atoms with Crippen LogP contribution in [0.5, 0.6) is 0 Å². The molecule has 8 aliphatic heterocycles. The van der Waals surface area contributed by atoms with Gasteiger partial charge in [0.15, 0.2) is 0 Å². The predicted octanol–water partition coefficient (Wildman–Crippen LogP) is 5.89. The van der Waals surface area contributed by atoms with Crippen molar-refractivity contribution in [3.63, 3.8) is 0 Å². The molecule has 4 fully saturated rings. The van der Waals surface area contributed by atoms with Gasteiger partial charge in [0.1, 0.15) is 0 Å². The summed E-state index contributed by atoms with van der Waals surface area (Å²) in [5.74, 6) is 2.27. The van der Waals surface area contributed by atoms with Crippen LogP contribution in [-0.2, 0) is 9.47 Å². The molecule has 0 amide bonds. The molecule has 0 saturated carbocycles. The van der Waals surface area contributed by atoms with Gasteiger partial charge in [-0.25, -0.2) is 0 Å². The van der Waals surface area contributed by atoms with Gasteiger partial charge in [-0.15, -0.1) is 0 Å². The summed E-state index contributed by atoms with van der Waals surface area (Å²) in [6.07, 6.45) is 0.905. The quantitative estimate of drug-likeness (QED) is 0.408. The lowest BCUT2D eigenvalue weighted by Crippen LogP contribution is -2.29. The maximum atomic E-state index is 6.88. The van der Waals surface area contributed by atoms with E-state index < -0.39 is 0 Å². The Morgan fingerprint density at radius 1 is 0.444 bits per heavy atom. The van der Waals surface area contributed by atoms with Crippen molar-refractivity contribution in [1.82, 2.24) is 9.80 Å². The van der Waals surface area contributed by atoms with Gasteiger partial charge in [0, 0.05) is 47.8 Å². The molecule has 8 bridgehead atoms. The number of hydrogen-bond acceptors (Lipinski definition) is 4. The van der Waals surface area contributed by atoms with E-state index in [1.54, 1.807) is 22.3 Å². The minimum absolute atomic E-state index is 0.226. The lowest BCUT2D eigenvalue weighted by atomic mass is 9.64. The molecule has 0 aromatic heterocycles. The van der Waals surface area contributed by atoms with Crippen LogP contribution >= 0.6 is 0 Å². The van der Waals surface area contributed by atoms with Crippen LogP contribution in [0.2, 0.25) is 0 Å². The van der Waals surface area contributed by atoms with Crippen molar-refractivity contribution in [2.75, 3.05) is 14.1 Å².